The number of nitrogens with one attached hydrogen (secondary N) is 1. The van der Waals surface area contributed by atoms with Crippen molar-refractivity contribution >= 4 is 5.69 Å². The van der Waals surface area contributed by atoms with E-state index in [1.807, 2.05) is 18.0 Å². The van der Waals surface area contributed by atoms with Crippen LogP contribution in [-0.2, 0) is 0 Å². The molecule has 0 bridgehead atoms. The third kappa shape index (κ3) is 4.34. The van der Waals surface area contributed by atoms with E-state index in [2.05, 4.69) is 18.3 Å². The van der Waals surface area contributed by atoms with Crippen LogP contribution in [0.5, 0.6) is 0 Å². The van der Waals surface area contributed by atoms with Gasteiger partial charge in [-0.3, -0.25) is 0 Å². The van der Waals surface area contributed by atoms with Crippen molar-refractivity contribution in [2.24, 2.45) is 0 Å². The molecule has 0 radical (unpaired) electrons. The van der Waals surface area contributed by atoms with E-state index in [0.29, 0.717) is 18.7 Å². The number of benzene rings is 1. The van der Waals surface area contributed by atoms with Gasteiger partial charge in [-0.25, -0.2) is 4.39 Å². The maximum Gasteiger partial charge on any atom is 0.146 e. The van der Waals surface area contributed by atoms with Gasteiger partial charge in [0.1, 0.15) is 5.82 Å². The largest absolute Gasteiger partial charge is 0.372 e. The van der Waals surface area contributed by atoms with E-state index in [0.717, 1.165) is 13.0 Å². The number of hydrogen-bond donors (Lipinski definition) is 1. The number of para-hydroxylation sites is 1. The lowest BCUT2D eigenvalue weighted by atomic mass is 10.2. The van der Waals surface area contributed by atoms with Gasteiger partial charge in [-0.05, 0) is 31.5 Å². The molecule has 0 aliphatic carbocycles. The van der Waals surface area contributed by atoms with E-state index < -0.39 is 0 Å². The Bertz CT molecular complexity index is 400. The first-order valence-corrected chi connectivity index (χ1v) is 6.27. The minimum absolute atomic E-state index is 0.167. The molecule has 1 aromatic rings. The van der Waals surface area contributed by atoms with Crippen LogP contribution in [0.2, 0.25) is 0 Å². The molecule has 3 nitrogen and oxygen atoms in total. The van der Waals surface area contributed by atoms with E-state index in [4.69, 9.17) is 5.26 Å². The fraction of sp³-hybridized carbons (Fsp3) is 0.500. The molecule has 0 aliphatic rings. The van der Waals surface area contributed by atoms with Crippen molar-refractivity contribution < 1.29 is 4.39 Å². The van der Waals surface area contributed by atoms with Crippen LogP contribution in [0.15, 0.2) is 24.3 Å². The zero-order valence-electron chi connectivity index (χ0n) is 11.0. The highest BCUT2D eigenvalue weighted by atomic mass is 19.1. The first-order chi connectivity index (χ1) is 8.69. The summed E-state index contributed by atoms with van der Waals surface area (Å²) in [5, 5.41) is 12.1. The predicted octanol–water partition coefficient (Wildman–Crippen LogP) is 2.54. The number of anilines is 1. The molecule has 1 aromatic carbocycles. The Balaban J connectivity index is 2.48. The van der Waals surface area contributed by atoms with E-state index >= 15 is 0 Å². The van der Waals surface area contributed by atoms with Gasteiger partial charge >= 0.3 is 0 Å². The lowest BCUT2D eigenvalue weighted by molar-refractivity contribution is 0.557. The predicted molar refractivity (Wildman–Crippen MR) is 72.0 cm³/mol. The van der Waals surface area contributed by atoms with Crippen molar-refractivity contribution in [2.45, 2.75) is 25.8 Å². The Hall–Kier alpha value is -1.60. The second-order valence-corrected chi connectivity index (χ2v) is 4.30. The molecule has 0 fully saturated rings. The Labute approximate surface area is 108 Å². The first-order valence-electron chi connectivity index (χ1n) is 6.27. The summed E-state index contributed by atoms with van der Waals surface area (Å²) >= 11 is 0. The molecule has 1 rings (SSSR count). The van der Waals surface area contributed by atoms with Gasteiger partial charge in [0.15, 0.2) is 0 Å². The Kier molecular flexibility index (Phi) is 6.16. The highest BCUT2D eigenvalue weighted by Crippen LogP contribution is 2.17. The summed E-state index contributed by atoms with van der Waals surface area (Å²) in [6.07, 6.45) is 1.68. The molecule has 0 aromatic heterocycles. The smallest absolute Gasteiger partial charge is 0.146 e. The second-order valence-electron chi connectivity index (χ2n) is 4.30. The van der Waals surface area contributed by atoms with Crippen LogP contribution in [0.1, 0.15) is 19.8 Å². The lowest BCUT2D eigenvalue weighted by Gasteiger charge is -2.21. The molecule has 0 saturated heterocycles. The third-order valence-electron chi connectivity index (χ3n) is 2.81. The van der Waals surface area contributed by atoms with Crippen LogP contribution in [0.4, 0.5) is 10.1 Å². The summed E-state index contributed by atoms with van der Waals surface area (Å²) in [6.45, 7) is 3.55. The van der Waals surface area contributed by atoms with Gasteiger partial charge in [0.2, 0.25) is 0 Å². The maximum absolute atomic E-state index is 13.5. The standard InChI is InChI=1S/C14H20FN3/c1-3-9-17-12(11-16)8-10-18(2)14-7-5-4-6-13(14)15/h4-7,12,17H,3,8-10H2,1-2H3. The number of hydrogen-bond acceptors (Lipinski definition) is 3. The molecule has 1 N–H and O–H groups in total. The molecule has 0 saturated carbocycles. The van der Waals surface area contributed by atoms with Gasteiger partial charge in [-0.1, -0.05) is 19.1 Å². The van der Waals surface area contributed by atoms with Gasteiger partial charge in [0, 0.05) is 13.6 Å². The molecule has 18 heavy (non-hydrogen) atoms. The summed E-state index contributed by atoms with van der Waals surface area (Å²) in [4.78, 5) is 1.84. The summed E-state index contributed by atoms with van der Waals surface area (Å²) in [7, 11) is 1.84. The Morgan fingerprint density at radius 1 is 1.44 bits per heavy atom. The monoisotopic (exact) mass is 249 g/mol. The van der Waals surface area contributed by atoms with E-state index in [1.54, 1.807) is 12.1 Å². The molecular formula is C14H20FN3. The minimum Gasteiger partial charge on any atom is -0.372 e. The van der Waals surface area contributed by atoms with Crippen LogP contribution in [-0.4, -0.2) is 26.2 Å². The first kappa shape index (κ1) is 14.5. The van der Waals surface area contributed by atoms with Crippen molar-refractivity contribution in [3.63, 3.8) is 0 Å². The van der Waals surface area contributed by atoms with Gasteiger partial charge in [-0.2, -0.15) is 5.26 Å². The third-order valence-corrected chi connectivity index (χ3v) is 2.81. The van der Waals surface area contributed by atoms with Crippen LogP contribution in [0, 0.1) is 17.1 Å². The summed E-state index contributed by atoms with van der Waals surface area (Å²) < 4.78 is 13.5. The molecule has 4 heteroatoms. The summed E-state index contributed by atoms with van der Waals surface area (Å²) in [5.74, 6) is -0.227. The zero-order chi connectivity index (χ0) is 13.4. The molecule has 1 atom stereocenters. The quantitative estimate of drug-likeness (QED) is 0.807. The fourth-order valence-corrected chi connectivity index (χ4v) is 1.74. The van der Waals surface area contributed by atoms with Gasteiger partial charge in [0.05, 0.1) is 17.8 Å². The lowest BCUT2D eigenvalue weighted by Crippen LogP contribution is -2.32. The van der Waals surface area contributed by atoms with Gasteiger partial charge in [0.25, 0.3) is 0 Å². The topological polar surface area (TPSA) is 39.1 Å². The minimum atomic E-state index is -0.227. The van der Waals surface area contributed by atoms with Crippen LogP contribution in [0.3, 0.4) is 0 Å². The van der Waals surface area contributed by atoms with Crippen LogP contribution in [0.25, 0.3) is 0 Å². The van der Waals surface area contributed by atoms with Crippen molar-refractivity contribution in [2.75, 3.05) is 25.0 Å². The number of rotatable bonds is 7. The van der Waals surface area contributed by atoms with E-state index in [-0.39, 0.29) is 11.9 Å². The molecule has 1 unspecified atom stereocenters. The van der Waals surface area contributed by atoms with Gasteiger partial charge in [-0.15, -0.1) is 0 Å². The zero-order valence-corrected chi connectivity index (χ0v) is 11.0. The molecule has 0 heterocycles. The number of halogens is 1. The summed E-state index contributed by atoms with van der Waals surface area (Å²) in [5.41, 5.74) is 0.574. The van der Waals surface area contributed by atoms with Crippen molar-refractivity contribution in [3.05, 3.63) is 30.1 Å². The average Bonchev–Trinajstić information content (AvgIpc) is 2.39. The molecule has 0 spiro atoms. The SMILES string of the molecule is CCCNC(C#N)CCN(C)c1ccccc1F. The fourth-order valence-electron chi connectivity index (χ4n) is 1.74. The Morgan fingerprint density at radius 2 is 2.17 bits per heavy atom. The second kappa shape index (κ2) is 7.67. The molecular weight excluding hydrogens is 229 g/mol. The highest BCUT2D eigenvalue weighted by molar-refractivity contribution is 5.46. The Morgan fingerprint density at radius 3 is 2.78 bits per heavy atom. The van der Waals surface area contributed by atoms with Crippen molar-refractivity contribution in [1.82, 2.24) is 5.32 Å². The maximum atomic E-state index is 13.5. The average molecular weight is 249 g/mol. The highest BCUT2D eigenvalue weighted by Gasteiger charge is 2.10. The van der Waals surface area contributed by atoms with E-state index in [1.165, 1.54) is 6.07 Å². The van der Waals surface area contributed by atoms with Gasteiger partial charge < -0.3 is 10.2 Å². The number of nitrogens with zero attached hydrogens (tertiary/aromatic N) is 2. The van der Waals surface area contributed by atoms with Crippen molar-refractivity contribution in [3.8, 4) is 6.07 Å². The molecule has 98 valence electrons. The normalized spacial score (nSPS) is 11.9. The number of nitriles is 1. The van der Waals surface area contributed by atoms with E-state index in [9.17, 15) is 4.39 Å². The molecule has 0 amide bonds. The van der Waals surface area contributed by atoms with Crippen LogP contribution < -0.4 is 10.2 Å². The van der Waals surface area contributed by atoms with Crippen LogP contribution >= 0.6 is 0 Å². The molecule has 0 aliphatic heterocycles. The van der Waals surface area contributed by atoms with Crippen molar-refractivity contribution in [1.29, 1.82) is 5.26 Å². The summed E-state index contributed by atoms with van der Waals surface area (Å²) in [6, 6.07) is 8.74.